The van der Waals surface area contributed by atoms with Crippen molar-refractivity contribution in [1.29, 1.82) is 0 Å². The Morgan fingerprint density at radius 2 is 2.21 bits per heavy atom. The fourth-order valence-corrected chi connectivity index (χ4v) is 2.86. The van der Waals surface area contributed by atoms with Crippen molar-refractivity contribution in [3.8, 4) is 0 Å². The van der Waals surface area contributed by atoms with Gasteiger partial charge in [0.05, 0.1) is 6.61 Å². The third-order valence-corrected chi connectivity index (χ3v) is 3.93. The van der Waals surface area contributed by atoms with E-state index >= 15 is 0 Å². The molecule has 2 aliphatic rings. The monoisotopic (exact) mass is 267 g/mol. The van der Waals surface area contributed by atoms with Crippen LogP contribution in [0.15, 0.2) is 12.2 Å². The fraction of sp³-hybridized carbons (Fsp3) is 0.800. The number of esters is 1. The van der Waals surface area contributed by atoms with Gasteiger partial charge in [-0.05, 0) is 44.9 Å². The van der Waals surface area contributed by atoms with Gasteiger partial charge in [0.15, 0.2) is 0 Å². The van der Waals surface area contributed by atoms with Gasteiger partial charge in [-0.25, -0.2) is 0 Å². The smallest absolute Gasteiger partial charge is 0.323 e. The molecule has 0 aromatic heterocycles. The summed E-state index contributed by atoms with van der Waals surface area (Å²) in [7, 11) is 0. The van der Waals surface area contributed by atoms with E-state index in [1.54, 1.807) is 0 Å². The Labute approximate surface area is 115 Å². The molecule has 0 amide bonds. The molecule has 2 atom stereocenters. The average Bonchev–Trinajstić information content (AvgIpc) is 2.47. The van der Waals surface area contributed by atoms with E-state index in [4.69, 9.17) is 9.47 Å². The zero-order valence-corrected chi connectivity index (χ0v) is 11.8. The molecule has 2 rings (SSSR count). The average molecular weight is 267 g/mol. The topological polar surface area (TPSA) is 47.6 Å². The standard InChI is InChI=1S/C15H25NO3/c1-2-19-15(17)14(12-8-10-18-11-9-12)16-13-6-4-3-5-7-13/h4,6,12-14,16H,2-3,5,7-11H2,1H3. The normalized spacial score (nSPS) is 26.1. The predicted octanol–water partition coefficient (Wildman–Crippen LogP) is 2.04. The van der Waals surface area contributed by atoms with E-state index in [0.29, 0.717) is 18.6 Å². The summed E-state index contributed by atoms with van der Waals surface area (Å²) >= 11 is 0. The number of nitrogens with one attached hydrogen (secondary N) is 1. The summed E-state index contributed by atoms with van der Waals surface area (Å²) in [5, 5.41) is 3.49. The molecule has 0 saturated carbocycles. The minimum absolute atomic E-state index is 0.103. The molecule has 0 radical (unpaired) electrons. The Balaban J connectivity index is 1.97. The van der Waals surface area contributed by atoms with Gasteiger partial charge >= 0.3 is 5.97 Å². The SMILES string of the molecule is CCOC(=O)C(NC1C=CCCC1)C1CCOCC1. The lowest BCUT2D eigenvalue weighted by atomic mass is 9.90. The van der Waals surface area contributed by atoms with Crippen molar-refractivity contribution in [3.05, 3.63) is 12.2 Å². The van der Waals surface area contributed by atoms with Crippen molar-refractivity contribution in [2.45, 2.75) is 51.1 Å². The fourth-order valence-electron chi connectivity index (χ4n) is 2.86. The molecule has 1 fully saturated rings. The molecule has 108 valence electrons. The second-order valence-corrected chi connectivity index (χ2v) is 5.31. The molecule has 0 bridgehead atoms. The van der Waals surface area contributed by atoms with E-state index in [0.717, 1.165) is 38.9 Å². The Kier molecular flexibility index (Phi) is 5.86. The van der Waals surface area contributed by atoms with Gasteiger partial charge in [0.2, 0.25) is 0 Å². The van der Waals surface area contributed by atoms with Crippen molar-refractivity contribution in [2.24, 2.45) is 5.92 Å². The summed E-state index contributed by atoms with van der Waals surface area (Å²) in [6.07, 6.45) is 9.72. The highest BCUT2D eigenvalue weighted by atomic mass is 16.5. The van der Waals surface area contributed by atoms with Crippen LogP contribution in [0.4, 0.5) is 0 Å². The van der Waals surface area contributed by atoms with E-state index < -0.39 is 0 Å². The number of rotatable bonds is 5. The van der Waals surface area contributed by atoms with Crippen LogP contribution in [0, 0.1) is 5.92 Å². The molecule has 0 spiro atoms. The summed E-state index contributed by atoms with van der Waals surface area (Å²) in [5.74, 6) is 0.233. The summed E-state index contributed by atoms with van der Waals surface area (Å²) in [6, 6.07) is 0.127. The first kappa shape index (κ1) is 14.5. The number of ether oxygens (including phenoxy) is 2. The predicted molar refractivity (Wildman–Crippen MR) is 73.9 cm³/mol. The van der Waals surface area contributed by atoms with Crippen LogP contribution in [0.5, 0.6) is 0 Å². The third kappa shape index (κ3) is 4.32. The third-order valence-electron chi connectivity index (χ3n) is 3.93. The van der Waals surface area contributed by atoms with Gasteiger partial charge in [-0.1, -0.05) is 12.2 Å². The Bertz CT molecular complexity index is 311. The minimum atomic E-state index is -0.184. The molecule has 1 saturated heterocycles. The van der Waals surface area contributed by atoms with Crippen molar-refractivity contribution >= 4 is 5.97 Å². The van der Waals surface area contributed by atoms with Gasteiger partial charge in [-0.15, -0.1) is 0 Å². The zero-order valence-electron chi connectivity index (χ0n) is 11.8. The lowest BCUT2D eigenvalue weighted by Gasteiger charge is -2.32. The van der Waals surface area contributed by atoms with Crippen LogP contribution in [0.2, 0.25) is 0 Å². The van der Waals surface area contributed by atoms with E-state index in [2.05, 4.69) is 17.5 Å². The maximum atomic E-state index is 12.2. The highest BCUT2D eigenvalue weighted by molar-refractivity contribution is 5.76. The van der Waals surface area contributed by atoms with Crippen molar-refractivity contribution in [2.75, 3.05) is 19.8 Å². The van der Waals surface area contributed by atoms with Crippen LogP contribution in [-0.2, 0) is 14.3 Å². The first-order chi connectivity index (χ1) is 9.31. The van der Waals surface area contributed by atoms with E-state index in [1.165, 1.54) is 6.42 Å². The number of hydrogen-bond acceptors (Lipinski definition) is 4. The number of hydrogen-bond donors (Lipinski definition) is 1. The summed E-state index contributed by atoms with van der Waals surface area (Å²) in [5.41, 5.74) is 0. The van der Waals surface area contributed by atoms with Gasteiger partial charge in [-0.3, -0.25) is 10.1 Å². The van der Waals surface area contributed by atoms with Gasteiger partial charge < -0.3 is 9.47 Å². The molecule has 1 aliphatic carbocycles. The molecule has 0 aromatic carbocycles. The van der Waals surface area contributed by atoms with Crippen LogP contribution in [0.1, 0.15) is 39.0 Å². The van der Waals surface area contributed by atoms with Gasteiger partial charge in [0.25, 0.3) is 0 Å². The van der Waals surface area contributed by atoms with Crippen molar-refractivity contribution < 1.29 is 14.3 Å². The summed E-state index contributed by atoms with van der Waals surface area (Å²) < 4.78 is 10.6. The first-order valence-electron chi connectivity index (χ1n) is 7.48. The van der Waals surface area contributed by atoms with Crippen LogP contribution in [-0.4, -0.2) is 37.9 Å². The molecular weight excluding hydrogens is 242 g/mol. The van der Waals surface area contributed by atoms with Crippen molar-refractivity contribution in [3.63, 3.8) is 0 Å². The highest BCUT2D eigenvalue weighted by Crippen LogP contribution is 2.22. The van der Waals surface area contributed by atoms with E-state index in [9.17, 15) is 4.79 Å². The number of carbonyl (C=O) groups is 1. The number of allylic oxidation sites excluding steroid dienone is 1. The van der Waals surface area contributed by atoms with Crippen LogP contribution >= 0.6 is 0 Å². The first-order valence-corrected chi connectivity index (χ1v) is 7.48. The lowest BCUT2D eigenvalue weighted by Crippen LogP contribution is -2.49. The molecule has 4 heteroatoms. The molecule has 19 heavy (non-hydrogen) atoms. The Morgan fingerprint density at radius 3 is 2.84 bits per heavy atom. The second-order valence-electron chi connectivity index (χ2n) is 5.31. The molecular formula is C15H25NO3. The van der Waals surface area contributed by atoms with E-state index in [1.807, 2.05) is 6.92 Å². The zero-order chi connectivity index (χ0) is 13.5. The Morgan fingerprint density at radius 1 is 1.42 bits per heavy atom. The van der Waals surface area contributed by atoms with Crippen LogP contribution in [0.25, 0.3) is 0 Å². The lowest BCUT2D eigenvalue weighted by molar-refractivity contribution is -0.148. The van der Waals surface area contributed by atoms with E-state index in [-0.39, 0.29) is 12.0 Å². The van der Waals surface area contributed by atoms with Gasteiger partial charge in [0, 0.05) is 19.3 Å². The summed E-state index contributed by atoms with van der Waals surface area (Å²) in [6.45, 7) is 3.81. The van der Waals surface area contributed by atoms with Crippen LogP contribution < -0.4 is 5.32 Å². The maximum Gasteiger partial charge on any atom is 0.323 e. The van der Waals surface area contributed by atoms with Gasteiger partial charge in [-0.2, -0.15) is 0 Å². The molecule has 1 heterocycles. The van der Waals surface area contributed by atoms with Crippen molar-refractivity contribution in [1.82, 2.24) is 5.32 Å². The summed E-state index contributed by atoms with van der Waals surface area (Å²) in [4.78, 5) is 12.2. The minimum Gasteiger partial charge on any atom is -0.465 e. The number of carbonyl (C=O) groups excluding carboxylic acids is 1. The molecule has 1 N–H and O–H groups in total. The largest absolute Gasteiger partial charge is 0.465 e. The molecule has 4 nitrogen and oxygen atoms in total. The van der Waals surface area contributed by atoms with Crippen LogP contribution in [0.3, 0.4) is 0 Å². The molecule has 2 unspecified atom stereocenters. The maximum absolute atomic E-state index is 12.2. The second kappa shape index (κ2) is 7.65. The quantitative estimate of drug-likeness (QED) is 0.612. The molecule has 1 aliphatic heterocycles. The Hall–Kier alpha value is -0.870. The molecule has 0 aromatic rings. The van der Waals surface area contributed by atoms with Gasteiger partial charge in [0.1, 0.15) is 6.04 Å². The highest BCUT2D eigenvalue weighted by Gasteiger charge is 2.32.